The van der Waals surface area contributed by atoms with Crippen LogP contribution in [0.3, 0.4) is 0 Å². The third-order valence-electron chi connectivity index (χ3n) is 2.57. The summed E-state index contributed by atoms with van der Waals surface area (Å²) in [7, 11) is 0. The number of rotatable bonds is 5. The molecule has 4 heteroatoms. The Balaban J connectivity index is 2.92. The van der Waals surface area contributed by atoms with E-state index in [1.807, 2.05) is 32.0 Å². The number of benzene rings is 1. The quantitative estimate of drug-likeness (QED) is 0.908. The van der Waals surface area contributed by atoms with Crippen LogP contribution < -0.4 is 0 Å². The Bertz CT molecular complexity index is 387. The molecule has 1 N–H and O–H groups in total. The molecule has 0 fully saturated rings. The van der Waals surface area contributed by atoms with E-state index in [1.165, 1.54) is 0 Å². The summed E-state index contributed by atoms with van der Waals surface area (Å²) >= 11 is 3.38. The standard InChI is InChI=1S/C13H18BrNO2/c1-3-6-15(7-8-16)13(17)12-5-4-11(14)9-10(12)2/h4-5,9,16H,3,6-8H2,1-2H3. The van der Waals surface area contributed by atoms with Gasteiger partial charge in [0, 0.05) is 23.1 Å². The van der Waals surface area contributed by atoms with Crippen molar-refractivity contribution in [2.24, 2.45) is 0 Å². The van der Waals surface area contributed by atoms with Crippen LogP contribution in [0.2, 0.25) is 0 Å². The van der Waals surface area contributed by atoms with Crippen LogP contribution >= 0.6 is 15.9 Å². The van der Waals surface area contributed by atoms with Gasteiger partial charge in [0.2, 0.25) is 0 Å². The summed E-state index contributed by atoms with van der Waals surface area (Å²) in [5.74, 6) is -0.00843. The molecule has 0 radical (unpaired) electrons. The molecule has 0 aromatic heterocycles. The molecule has 1 aromatic rings. The Morgan fingerprint density at radius 1 is 1.41 bits per heavy atom. The van der Waals surface area contributed by atoms with Crippen molar-refractivity contribution in [2.75, 3.05) is 19.7 Å². The minimum Gasteiger partial charge on any atom is -0.395 e. The van der Waals surface area contributed by atoms with Gasteiger partial charge in [-0.15, -0.1) is 0 Å². The summed E-state index contributed by atoms with van der Waals surface area (Å²) in [5, 5.41) is 8.97. The number of nitrogens with zero attached hydrogens (tertiary/aromatic N) is 1. The first-order valence-electron chi connectivity index (χ1n) is 5.76. The van der Waals surface area contributed by atoms with E-state index in [-0.39, 0.29) is 12.5 Å². The lowest BCUT2D eigenvalue weighted by Crippen LogP contribution is -2.34. The molecule has 0 unspecified atom stereocenters. The second kappa shape index (κ2) is 6.77. The molecule has 94 valence electrons. The monoisotopic (exact) mass is 299 g/mol. The van der Waals surface area contributed by atoms with Gasteiger partial charge in [-0.3, -0.25) is 4.79 Å². The van der Waals surface area contributed by atoms with Gasteiger partial charge in [0.05, 0.1) is 6.61 Å². The van der Waals surface area contributed by atoms with E-state index in [4.69, 9.17) is 5.11 Å². The summed E-state index contributed by atoms with van der Waals surface area (Å²) in [6.07, 6.45) is 0.890. The number of amides is 1. The van der Waals surface area contributed by atoms with Crippen LogP contribution in [0, 0.1) is 6.92 Å². The zero-order valence-electron chi connectivity index (χ0n) is 10.2. The van der Waals surface area contributed by atoms with Crippen LogP contribution in [-0.2, 0) is 0 Å². The van der Waals surface area contributed by atoms with Gasteiger partial charge in [-0.2, -0.15) is 0 Å². The molecular weight excluding hydrogens is 282 g/mol. The molecule has 1 amide bonds. The van der Waals surface area contributed by atoms with Crippen LogP contribution in [-0.4, -0.2) is 35.6 Å². The van der Waals surface area contributed by atoms with E-state index in [1.54, 1.807) is 4.90 Å². The first-order chi connectivity index (χ1) is 8.10. The Labute approximate surface area is 111 Å². The topological polar surface area (TPSA) is 40.5 Å². The summed E-state index contributed by atoms with van der Waals surface area (Å²) in [4.78, 5) is 13.9. The van der Waals surface area contributed by atoms with Crippen molar-refractivity contribution in [3.05, 3.63) is 33.8 Å². The number of hydrogen-bond acceptors (Lipinski definition) is 2. The van der Waals surface area contributed by atoms with Crippen LogP contribution in [0.25, 0.3) is 0 Å². The van der Waals surface area contributed by atoms with Crippen molar-refractivity contribution >= 4 is 21.8 Å². The summed E-state index contributed by atoms with van der Waals surface area (Å²) < 4.78 is 0.968. The molecule has 0 heterocycles. The van der Waals surface area contributed by atoms with Crippen molar-refractivity contribution in [3.8, 4) is 0 Å². The number of aliphatic hydroxyl groups excluding tert-OH is 1. The summed E-state index contributed by atoms with van der Waals surface area (Å²) in [5.41, 5.74) is 1.65. The van der Waals surface area contributed by atoms with Crippen LogP contribution in [0.5, 0.6) is 0 Å². The highest BCUT2D eigenvalue weighted by atomic mass is 79.9. The zero-order valence-corrected chi connectivity index (χ0v) is 11.8. The zero-order chi connectivity index (χ0) is 12.8. The lowest BCUT2D eigenvalue weighted by atomic mass is 10.1. The molecule has 0 aliphatic carbocycles. The molecule has 0 spiro atoms. The summed E-state index contributed by atoms with van der Waals surface area (Å²) in [6.45, 7) is 5.01. The molecule has 1 aromatic carbocycles. The van der Waals surface area contributed by atoms with Crippen molar-refractivity contribution in [3.63, 3.8) is 0 Å². The number of aliphatic hydroxyl groups is 1. The highest BCUT2D eigenvalue weighted by molar-refractivity contribution is 9.10. The Morgan fingerprint density at radius 3 is 2.65 bits per heavy atom. The van der Waals surface area contributed by atoms with Crippen LogP contribution in [0.1, 0.15) is 29.3 Å². The third kappa shape index (κ3) is 3.82. The van der Waals surface area contributed by atoms with Gasteiger partial charge >= 0.3 is 0 Å². The SMILES string of the molecule is CCCN(CCO)C(=O)c1ccc(Br)cc1C. The fourth-order valence-corrected chi connectivity index (χ4v) is 2.22. The number of aryl methyl sites for hydroxylation is 1. The molecule has 0 saturated heterocycles. The predicted octanol–water partition coefficient (Wildman–Crippen LogP) is 2.60. The van der Waals surface area contributed by atoms with Crippen LogP contribution in [0.4, 0.5) is 0 Å². The predicted molar refractivity (Wildman–Crippen MR) is 72.2 cm³/mol. The van der Waals surface area contributed by atoms with Gasteiger partial charge in [0.25, 0.3) is 5.91 Å². The Morgan fingerprint density at radius 2 is 2.12 bits per heavy atom. The Kier molecular flexibility index (Phi) is 5.65. The largest absolute Gasteiger partial charge is 0.395 e. The first-order valence-corrected chi connectivity index (χ1v) is 6.55. The third-order valence-corrected chi connectivity index (χ3v) is 3.06. The van der Waals surface area contributed by atoms with Gasteiger partial charge in [-0.1, -0.05) is 22.9 Å². The molecule has 0 bridgehead atoms. The minimum absolute atomic E-state index is 0.00131. The fraction of sp³-hybridized carbons (Fsp3) is 0.462. The van der Waals surface area contributed by atoms with E-state index < -0.39 is 0 Å². The second-order valence-corrected chi connectivity index (χ2v) is 4.89. The number of halogens is 1. The van der Waals surface area contributed by atoms with Crippen molar-refractivity contribution < 1.29 is 9.90 Å². The number of carbonyl (C=O) groups is 1. The normalized spacial score (nSPS) is 10.4. The summed E-state index contributed by atoms with van der Waals surface area (Å²) in [6, 6.07) is 5.61. The molecule has 0 atom stereocenters. The average molecular weight is 300 g/mol. The van der Waals surface area contributed by atoms with Gasteiger partial charge in [-0.25, -0.2) is 0 Å². The van der Waals surface area contributed by atoms with E-state index >= 15 is 0 Å². The highest BCUT2D eigenvalue weighted by Gasteiger charge is 2.16. The average Bonchev–Trinajstić information content (AvgIpc) is 2.28. The molecule has 17 heavy (non-hydrogen) atoms. The molecule has 0 saturated carbocycles. The van der Waals surface area contributed by atoms with Gasteiger partial charge in [-0.05, 0) is 37.1 Å². The fourth-order valence-electron chi connectivity index (χ4n) is 1.74. The lowest BCUT2D eigenvalue weighted by molar-refractivity contribution is 0.0721. The lowest BCUT2D eigenvalue weighted by Gasteiger charge is -2.22. The smallest absolute Gasteiger partial charge is 0.254 e. The van der Waals surface area contributed by atoms with Crippen molar-refractivity contribution in [1.82, 2.24) is 4.90 Å². The Hall–Kier alpha value is -0.870. The minimum atomic E-state index is -0.00843. The van der Waals surface area contributed by atoms with Crippen LogP contribution in [0.15, 0.2) is 22.7 Å². The second-order valence-electron chi connectivity index (χ2n) is 3.98. The first kappa shape index (κ1) is 14.2. The molecule has 0 aliphatic rings. The molecule has 0 aliphatic heterocycles. The highest BCUT2D eigenvalue weighted by Crippen LogP contribution is 2.17. The van der Waals surface area contributed by atoms with E-state index in [0.29, 0.717) is 18.7 Å². The van der Waals surface area contributed by atoms with E-state index in [0.717, 1.165) is 16.5 Å². The van der Waals surface area contributed by atoms with Gasteiger partial charge in [0.1, 0.15) is 0 Å². The molecule has 1 rings (SSSR count). The maximum atomic E-state index is 12.3. The van der Waals surface area contributed by atoms with Crippen molar-refractivity contribution in [1.29, 1.82) is 0 Å². The maximum Gasteiger partial charge on any atom is 0.254 e. The van der Waals surface area contributed by atoms with Crippen molar-refractivity contribution in [2.45, 2.75) is 20.3 Å². The van der Waals surface area contributed by atoms with E-state index in [9.17, 15) is 4.79 Å². The maximum absolute atomic E-state index is 12.3. The van der Waals surface area contributed by atoms with Gasteiger partial charge < -0.3 is 10.0 Å². The van der Waals surface area contributed by atoms with E-state index in [2.05, 4.69) is 15.9 Å². The van der Waals surface area contributed by atoms with Gasteiger partial charge in [0.15, 0.2) is 0 Å². The number of hydrogen-bond donors (Lipinski definition) is 1. The molecular formula is C13H18BrNO2. The molecule has 3 nitrogen and oxygen atoms in total. The number of carbonyl (C=O) groups excluding carboxylic acids is 1.